The maximum absolute atomic E-state index is 11.9. The highest BCUT2D eigenvalue weighted by Gasteiger charge is 2.15. The van der Waals surface area contributed by atoms with Gasteiger partial charge in [0.15, 0.2) is 0 Å². The van der Waals surface area contributed by atoms with Gasteiger partial charge >= 0.3 is 11.8 Å². The summed E-state index contributed by atoms with van der Waals surface area (Å²) in [5.74, 6) is -1.15. The largest absolute Gasteiger partial charge is 0.348 e. The van der Waals surface area contributed by atoms with Crippen LogP contribution in [-0.4, -0.2) is 18.4 Å². The fourth-order valence-corrected chi connectivity index (χ4v) is 2.56. The molecule has 1 rings (SSSR count). The van der Waals surface area contributed by atoms with Crippen LogP contribution >= 0.6 is 0 Å². The van der Waals surface area contributed by atoms with E-state index in [-0.39, 0.29) is 0 Å². The Hall–Kier alpha value is -1.84. The van der Waals surface area contributed by atoms with Gasteiger partial charge in [0.2, 0.25) is 0 Å². The number of nitrogens with one attached hydrogen (secondary N) is 2. The second kappa shape index (κ2) is 9.23. The number of carbonyl (C=O) groups excluding carboxylic acids is 2. The highest BCUT2D eigenvalue weighted by atomic mass is 16.2. The zero-order chi connectivity index (χ0) is 16.5. The molecule has 4 heteroatoms. The number of aryl methyl sites for hydroxylation is 3. The summed E-state index contributed by atoms with van der Waals surface area (Å²) in [5, 5.41) is 5.39. The number of hydrogen-bond acceptors (Lipinski definition) is 2. The molecular weight excluding hydrogens is 276 g/mol. The maximum Gasteiger partial charge on any atom is 0.313 e. The lowest BCUT2D eigenvalue weighted by Gasteiger charge is -2.12. The standard InChI is InChI=1S/C18H28N2O2/c1-5-6-7-8-9-10-19-17(21)18(22)20-16-14(3)11-13(2)12-15(16)4/h11-12H,5-10H2,1-4H3,(H,19,21)(H,20,22). The first-order chi connectivity index (χ1) is 10.5. The van der Waals surface area contributed by atoms with Crippen molar-refractivity contribution in [2.45, 2.75) is 59.8 Å². The van der Waals surface area contributed by atoms with Crippen LogP contribution in [0.2, 0.25) is 0 Å². The van der Waals surface area contributed by atoms with Crippen LogP contribution in [0.4, 0.5) is 5.69 Å². The lowest BCUT2D eigenvalue weighted by Crippen LogP contribution is -2.36. The number of amides is 2. The maximum atomic E-state index is 11.9. The quantitative estimate of drug-likeness (QED) is 0.597. The molecule has 0 unspecified atom stereocenters. The summed E-state index contributed by atoms with van der Waals surface area (Å²) in [7, 11) is 0. The van der Waals surface area contributed by atoms with E-state index >= 15 is 0 Å². The Balaban J connectivity index is 2.43. The molecule has 0 aliphatic carbocycles. The number of anilines is 1. The summed E-state index contributed by atoms with van der Waals surface area (Å²) in [6.45, 7) is 8.60. The van der Waals surface area contributed by atoms with E-state index < -0.39 is 11.8 Å². The molecule has 0 heterocycles. The molecule has 4 nitrogen and oxygen atoms in total. The van der Waals surface area contributed by atoms with Gasteiger partial charge in [0.1, 0.15) is 0 Å². The van der Waals surface area contributed by atoms with Gasteiger partial charge in [-0.3, -0.25) is 9.59 Å². The minimum Gasteiger partial charge on any atom is -0.348 e. The molecule has 0 aliphatic heterocycles. The fraction of sp³-hybridized carbons (Fsp3) is 0.556. The summed E-state index contributed by atoms with van der Waals surface area (Å²) in [6, 6.07) is 3.99. The van der Waals surface area contributed by atoms with Gasteiger partial charge in [0.25, 0.3) is 0 Å². The Labute approximate surface area is 133 Å². The van der Waals surface area contributed by atoms with Gasteiger partial charge in [-0.05, 0) is 38.3 Å². The molecule has 2 amide bonds. The summed E-state index contributed by atoms with van der Waals surface area (Å²) in [4.78, 5) is 23.7. The van der Waals surface area contributed by atoms with Crippen LogP contribution in [0.1, 0.15) is 55.7 Å². The predicted molar refractivity (Wildman–Crippen MR) is 91.1 cm³/mol. The summed E-state index contributed by atoms with van der Waals surface area (Å²) in [5.41, 5.74) is 3.81. The molecule has 0 aliphatic rings. The van der Waals surface area contributed by atoms with Crippen LogP contribution in [0, 0.1) is 20.8 Å². The Morgan fingerprint density at radius 2 is 1.50 bits per heavy atom. The van der Waals surface area contributed by atoms with Gasteiger partial charge in [-0.1, -0.05) is 50.3 Å². The lowest BCUT2D eigenvalue weighted by molar-refractivity contribution is -0.136. The molecule has 0 bridgehead atoms. The number of hydrogen-bond donors (Lipinski definition) is 2. The first-order valence-electron chi connectivity index (χ1n) is 8.12. The van der Waals surface area contributed by atoms with Crippen LogP contribution < -0.4 is 10.6 Å². The van der Waals surface area contributed by atoms with E-state index in [1.54, 1.807) is 0 Å². The molecule has 1 aromatic rings. The zero-order valence-electron chi connectivity index (χ0n) is 14.2. The van der Waals surface area contributed by atoms with E-state index in [0.717, 1.165) is 35.2 Å². The van der Waals surface area contributed by atoms with Crippen LogP contribution in [-0.2, 0) is 9.59 Å². The number of rotatable bonds is 7. The predicted octanol–water partition coefficient (Wildman–Crippen LogP) is 3.64. The average molecular weight is 304 g/mol. The molecule has 0 spiro atoms. The second-order valence-electron chi connectivity index (χ2n) is 5.90. The topological polar surface area (TPSA) is 58.2 Å². The summed E-state index contributed by atoms with van der Waals surface area (Å²) >= 11 is 0. The van der Waals surface area contributed by atoms with Crippen molar-refractivity contribution in [3.63, 3.8) is 0 Å². The highest BCUT2D eigenvalue weighted by molar-refractivity contribution is 6.39. The van der Waals surface area contributed by atoms with Gasteiger partial charge in [0.05, 0.1) is 0 Å². The molecule has 22 heavy (non-hydrogen) atoms. The van der Waals surface area contributed by atoms with E-state index in [9.17, 15) is 9.59 Å². The minimum atomic E-state index is -0.594. The van der Waals surface area contributed by atoms with Crippen LogP contribution in [0.5, 0.6) is 0 Å². The number of carbonyl (C=O) groups is 2. The van der Waals surface area contributed by atoms with Gasteiger partial charge in [-0.15, -0.1) is 0 Å². The minimum absolute atomic E-state index is 0.557. The van der Waals surface area contributed by atoms with Crippen LogP contribution in [0.15, 0.2) is 12.1 Å². The van der Waals surface area contributed by atoms with Crippen molar-refractivity contribution < 1.29 is 9.59 Å². The Kier molecular flexibility index (Phi) is 7.64. The second-order valence-corrected chi connectivity index (χ2v) is 5.90. The van der Waals surface area contributed by atoms with E-state index in [1.807, 2.05) is 32.9 Å². The van der Waals surface area contributed by atoms with Crippen molar-refractivity contribution in [2.75, 3.05) is 11.9 Å². The van der Waals surface area contributed by atoms with Gasteiger partial charge < -0.3 is 10.6 Å². The van der Waals surface area contributed by atoms with Crippen molar-refractivity contribution >= 4 is 17.5 Å². The Bertz CT molecular complexity index is 501. The van der Waals surface area contributed by atoms with Gasteiger partial charge in [-0.25, -0.2) is 0 Å². The molecule has 0 fully saturated rings. The lowest BCUT2D eigenvalue weighted by atomic mass is 10.1. The molecule has 0 saturated carbocycles. The van der Waals surface area contributed by atoms with Gasteiger partial charge in [0, 0.05) is 12.2 Å². The normalized spacial score (nSPS) is 10.4. The molecular formula is C18H28N2O2. The SMILES string of the molecule is CCCCCCCNC(=O)C(=O)Nc1c(C)cc(C)cc1C. The third kappa shape index (κ3) is 5.88. The van der Waals surface area contributed by atoms with E-state index in [2.05, 4.69) is 17.6 Å². The Morgan fingerprint density at radius 3 is 2.09 bits per heavy atom. The van der Waals surface area contributed by atoms with E-state index in [1.165, 1.54) is 19.3 Å². The number of unbranched alkanes of at least 4 members (excludes halogenated alkanes) is 4. The number of benzene rings is 1. The van der Waals surface area contributed by atoms with Crippen LogP contribution in [0.25, 0.3) is 0 Å². The molecule has 0 aromatic heterocycles. The van der Waals surface area contributed by atoms with E-state index in [4.69, 9.17) is 0 Å². The monoisotopic (exact) mass is 304 g/mol. The third-order valence-corrected chi connectivity index (χ3v) is 3.69. The first-order valence-corrected chi connectivity index (χ1v) is 8.12. The van der Waals surface area contributed by atoms with Gasteiger partial charge in [-0.2, -0.15) is 0 Å². The van der Waals surface area contributed by atoms with Crippen molar-refractivity contribution in [2.24, 2.45) is 0 Å². The highest BCUT2D eigenvalue weighted by Crippen LogP contribution is 2.21. The molecule has 1 aromatic carbocycles. The molecule has 122 valence electrons. The molecule has 2 N–H and O–H groups in total. The first kappa shape index (κ1) is 18.2. The summed E-state index contributed by atoms with van der Waals surface area (Å²) < 4.78 is 0. The zero-order valence-corrected chi connectivity index (χ0v) is 14.2. The summed E-state index contributed by atoms with van der Waals surface area (Å²) in [6.07, 6.45) is 5.61. The van der Waals surface area contributed by atoms with E-state index in [0.29, 0.717) is 6.54 Å². The Morgan fingerprint density at radius 1 is 0.909 bits per heavy atom. The van der Waals surface area contributed by atoms with Crippen LogP contribution in [0.3, 0.4) is 0 Å². The van der Waals surface area contributed by atoms with Crippen molar-refractivity contribution in [3.8, 4) is 0 Å². The van der Waals surface area contributed by atoms with Crippen molar-refractivity contribution in [1.29, 1.82) is 0 Å². The average Bonchev–Trinajstić information content (AvgIpc) is 2.46. The smallest absolute Gasteiger partial charge is 0.313 e. The van der Waals surface area contributed by atoms with Crippen molar-refractivity contribution in [3.05, 3.63) is 28.8 Å². The van der Waals surface area contributed by atoms with Crippen molar-refractivity contribution in [1.82, 2.24) is 5.32 Å². The molecule has 0 atom stereocenters. The third-order valence-electron chi connectivity index (χ3n) is 3.69. The molecule has 0 radical (unpaired) electrons. The molecule has 0 saturated heterocycles. The fourth-order valence-electron chi connectivity index (χ4n) is 2.56.